The molecule has 0 nitrogen and oxygen atoms in total. The smallest absolute Gasteiger partial charge is 0.0137 e. The van der Waals surface area contributed by atoms with Crippen molar-refractivity contribution in [3.05, 3.63) is 197 Å². The summed E-state index contributed by atoms with van der Waals surface area (Å²) in [7, 11) is 0. The van der Waals surface area contributed by atoms with Crippen molar-refractivity contribution in [2.75, 3.05) is 0 Å². The van der Waals surface area contributed by atoms with Crippen molar-refractivity contribution >= 4 is 27.5 Å². The maximum atomic E-state index is 2.48. The summed E-state index contributed by atoms with van der Waals surface area (Å²) in [4.78, 5) is 0. The minimum absolute atomic E-state index is 0.271. The summed E-state index contributed by atoms with van der Waals surface area (Å²) < 4.78 is 0. The van der Waals surface area contributed by atoms with Gasteiger partial charge in [-0.15, -0.1) is 0 Å². The van der Waals surface area contributed by atoms with Gasteiger partial charge in [-0.3, -0.25) is 0 Å². The lowest BCUT2D eigenvalue weighted by Gasteiger charge is -2.36. The van der Waals surface area contributed by atoms with Gasteiger partial charge in [0.2, 0.25) is 0 Å². The fraction of sp³-hybridized carbons (Fsp3) is 0.0952. The van der Waals surface area contributed by atoms with E-state index in [0.29, 0.717) is 5.92 Å². The average Bonchev–Trinajstić information content (AvgIpc) is 3.07. The van der Waals surface area contributed by atoms with Gasteiger partial charge in [0.25, 0.3) is 0 Å². The summed E-state index contributed by atoms with van der Waals surface area (Å²) in [5, 5.41) is 5.34. The second kappa shape index (κ2) is 10.5. The Labute approximate surface area is 247 Å². The zero-order valence-corrected chi connectivity index (χ0v) is 23.5. The first-order valence-corrected chi connectivity index (χ1v) is 15.0. The van der Waals surface area contributed by atoms with E-state index in [9.17, 15) is 0 Å². The van der Waals surface area contributed by atoms with E-state index in [0.717, 1.165) is 6.42 Å². The van der Waals surface area contributed by atoms with Crippen LogP contribution in [0.15, 0.2) is 169 Å². The van der Waals surface area contributed by atoms with E-state index in [-0.39, 0.29) is 11.8 Å². The fourth-order valence-electron chi connectivity index (χ4n) is 7.36. The van der Waals surface area contributed by atoms with Gasteiger partial charge in [0.1, 0.15) is 0 Å². The van der Waals surface area contributed by atoms with Crippen LogP contribution in [0.3, 0.4) is 0 Å². The monoisotopic (exact) mass is 536 g/mol. The fourth-order valence-corrected chi connectivity index (χ4v) is 7.36. The lowest BCUT2D eigenvalue weighted by Crippen LogP contribution is -2.40. The van der Waals surface area contributed by atoms with Crippen LogP contribution in [0.5, 0.6) is 0 Å². The van der Waals surface area contributed by atoms with Crippen molar-refractivity contribution in [1.29, 1.82) is 0 Å². The Morgan fingerprint density at radius 3 is 1.93 bits per heavy atom. The molecule has 0 aliphatic heterocycles. The van der Waals surface area contributed by atoms with Gasteiger partial charge >= 0.3 is 0 Å². The first-order valence-electron chi connectivity index (χ1n) is 15.0. The van der Waals surface area contributed by atoms with E-state index < -0.39 is 0 Å². The first kappa shape index (κ1) is 24.8. The Morgan fingerprint density at radius 2 is 1.14 bits per heavy atom. The molecule has 0 saturated heterocycles. The van der Waals surface area contributed by atoms with E-state index >= 15 is 0 Å². The van der Waals surface area contributed by atoms with Crippen LogP contribution < -0.4 is 10.4 Å². The summed E-state index contributed by atoms with van der Waals surface area (Å²) in [6.07, 6.45) is 15.3. The number of hydrogen-bond donors (Lipinski definition) is 0. The maximum absolute atomic E-state index is 2.48. The molecule has 0 heteroatoms. The van der Waals surface area contributed by atoms with E-state index in [1.807, 2.05) is 0 Å². The molecule has 8 rings (SSSR count). The van der Waals surface area contributed by atoms with Crippen LogP contribution in [0.25, 0.3) is 27.5 Å². The van der Waals surface area contributed by atoms with Crippen molar-refractivity contribution in [3.8, 4) is 0 Å². The molecule has 3 atom stereocenters. The van der Waals surface area contributed by atoms with Gasteiger partial charge in [0.05, 0.1) is 0 Å². The van der Waals surface area contributed by atoms with Crippen LogP contribution in [-0.4, -0.2) is 0 Å². The minimum atomic E-state index is 0.271. The van der Waals surface area contributed by atoms with Gasteiger partial charge in [-0.1, -0.05) is 164 Å². The van der Waals surface area contributed by atoms with Crippen molar-refractivity contribution < 1.29 is 0 Å². The number of fused-ring (bicyclic) bond motifs is 3. The van der Waals surface area contributed by atoms with Crippen LogP contribution in [0.4, 0.5) is 0 Å². The van der Waals surface area contributed by atoms with Gasteiger partial charge < -0.3 is 0 Å². The lowest BCUT2D eigenvalue weighted by molar-refractivity contribution is 0.675. The number of allylic oxidation sites excluding steroid dienone is 8. The molecule has 0 radical (unpaired) electrons. The molecule has 3 aliphatic rings. The molecule has 3 aliphatic carbocycles. The molecule has 0 amide bonds. The molecule has 0 saturated carbocycles. The molecule has 0 fully saturated rings. The molecule has 42 heavy (non-hydrogen) atoms. The molecule has 0 N–H and O–H groups in total. The summed E-state index contributed by atoms with van der Waals surface area (Å²) in [5.41, 5.74) is 9.67. The maximum Gasteiger partial charge on any atom is 0.0137 e. The Balaban J connectivity index is 1.41. The Bertz CT molecular complexity index is 2050. The van der Waals surface area contributed by atoms with Crippen LogP contribution >= 0.6 is 0 Å². The van der Waals surface area contributed by atoms with Crippen LogP contribution in [0, 0.1) is 11.8 Å². The van der Waals surface area contributed by atoms with Gasteiger partial charge in [-0.2, -0.15) is 0 Å². The zero-order valence-electron chi connectivity index (χ0n) is 23.5. The van der Waals surface area contributed by atoms with Gasteiger partial charge in [0, 0.05) is 17.8 Å². The Hall–Kier alpha value is -4.94. The van der Waals surface area contributed by atoms with Crippen LogP contribution in [0.1, 0.15) is 29.0 Å². The molecule has 5 aromatic carbocycles. The van der Waals surface area contributed by atoms with E-state index in [4.69, 9.17) is 0 Å². The highest BCUT2D eigenvalue weighted by Crippen LogP contribution is 2.46. The normalized spacial score (nSPS) is 21.0. The van der Waals surface area contributed by atoms with Crippen molar-refractivity contribution in [3.63, 3.8) is 0 Å². The zero-order chi connectivity index (χ0) is 27.9. The number of rotatable bonds is 4. The summed E-state index contributed by atoms with van der Waals surface area (Å²) in [6, 6.07) is 46.6. The molecular weight excluding hydrogens is 504 g/mol. The SMILES string of the molecule is C1=CC2C(C3=CC(c4ccccc4)=CC(c4ccccc4)C3)=c3ccccc3=C(c3cccc4ccccc34)C2C=C1. The third-order valence-corrected chi connectivity index (χ3v) is 9.22. The summed E-state index contributed by atoms with van der Waals surface area (Å²) in [5.74, 6) is 0.871. The molecule has 0 aromatic heterocycles. The van der Waals surface area contributed by atoms with Gasteiger partial charge in [0.15, 0.2) is 0 Å². The minimum Gasteiger partial charge on any atom is -0.0761 e. The molecule has 3 unspecified atom stereocenters. The summed E-state index contributed by atoms with van der Waals surface area (Å²) in [6.45, 7) is 0. The molecule has 200 valence electrons. The van der Waals surface area contributed by atoms with Crippen molar-refractivity contribution in [1.82, 2.24) is 0 Å². The van der Waals surface area contributed by atoms with Gasteiger partial charge in [-0.25, -0.2) is 0 Å². The third kappa shape index (κ3) is 4.23. The van der Waals surface area contributed by atoms with Crippen LogP contribution in [-0.2, 0) is 0 Å². The first-order chi connectivity index (χ1) is 20.8. The average molecular weight is 537 g/mol. The van der Waals surface area contributed by atoms with Gasteiger partial charge in [-0.05, 0) is 66.6 Å². The Kier molecular flexibility index (Phi) is 6.19. The summed E-state index contributed by atoms with van der Waals surface area (Å²) >= 11 is 0. The molecule has 0 heterocycles. The standard InChI is InChI=1S/C42H32/c1-3-14-29(15-4-1)32-26-33(30-16-5-2-6-17-30)28-34(27-32)41-37-21-9-11-23-39(37)42(40-24-12-10-22-38(40)41)36-25-13-19-31-18-7-8-20-35(31)36/h1-27,33,37,39H,28H2. The predicted octanol–water partition coefficient (Wildman–Crippen LogP) is 8.76. The lowest BCUT2D eigenvalue weighted by atomic mass is 9.67. The highest BCUT2D eigenvalue weighted by Gasteiger charge is 2.34. The van der Waals surface area contributed by atoms with E-state index in [2.05, 4.69) is 164 Å². The predicted molar refractivity (Wildman–Crippen MR) is 177 cm³/mol. The molecule has 0 spiro atoms. The number of hydrogen-bond acceptors (Lipinski definition) is 0. The van der Waals surface area contributed by atoms with E-state index in [1.54, 1.807) is 0 Å². The van der Waals surface area contributed by atoms with Crippen LogP contribution in [0.2, 0.25) is 0 Å². The van der Waals surface area contributed by atoms with Crippen molar-refractivity contribution in [2.45, 2.75) is 12.3 Å². The van der Waals surface area contributed by atoms with Crippen molar-refractivity contribution in [2.24, 2.45) is 11.8 Å². The second-order valence-corrected chi connectivity index (χ2v) is 11.6. The third-order valence-electron chi connectivity index (χ3n) is 9.22. The number of benzene rings is 5. The topological polar surface area (TPSA) is 0 Å². The largest absolute Gasteiger partial charge is 0.0761 e. The highest BCUT2D eigenvalue weighted by molar-refractivity contribution is 5.96. The molecule has 5 aromatic rings. The second-order valence-electron chi connectivity index (χ2n) is 11.6. The molecular formula is C42H32. The Morgan fingerprint density at radius 1 is 0.524 bits per heavy atom. The highest BCUT2D eigenvalue weighted by atomic mass is 14.4. The molecule has 0 bridgehead atoms. The van der Waals surface area contributed by atoms with E-state index in [1.165, 1.54) is 60.2 Å². The quantitative estimate of drug-likeness (QED) is 0.215.